The van der Waals surface area contributed by atoms with Gasteiger partial charge in [0.1, 0.15) is 5.82 Å². The molecule has 0 atom stereocenters. The highest BCUT2D eigenvalue weighted by atomic mass is 19.1. The number of halogens is 1. The van der Waals surface area contributed by atoms with Crippen LogP contribution in [0.5, 0.6) is 0 Å². The quantitative estimate of drug-likeness (QED) is 0.822. The molecule has 0 amide bonds. The maximum absolute atomic E-state index is 13.1. The number of carboxylic acids is 1. The Morgan fingerprint density at radius 3 is 2.82 bits per heavy atom. The van der Waals surface area contributed by atoms with E-state index in [9.17, 15) is 9.18 Å². The molecule has 0 radical (unpaired) electrons. The van der Waals surface area contributed by atoms with Crippen LogP contribution in [0.1, 0.15) is 15.9 Å². The first kappa shape index (κ1) is 13.6. The summed E-state index contributed by atoms with van der Waals surface area (Å²) in [4.78, 5) is 12.8. The Morgan fingerprint density at radius 2 is 2.24 bits per heavy atom. The fourth-order valence-electron chi connectivity index (χ4n) is 1.52. The van der Waals surface area contributed by atoms with Gasteiger partial charge in [0.05, 0.1) is 12.2 Å². The van der Waals surface area contributed by atoms with E-state index in [2.05, 4.69) is 0 Å². The Morgan fingerprint density at radius 1 is 1.53 bits per heavy atom. The van der Waals surface area contributed by atoms with Gasteiger partial charge >= 0.3 is 5.97 Å². The molecule has 0 spiro atoms. The van der Waals surface area contributed by atoms with Crippen molar-refractivity contribution in [1.29, 1.82) is 0 Å². The van der Waals surface area contributed by atoms with Crippen molar-refractivity contribution in [2.45, 2.75) is 6.54 Å². The smallest absolute Gasteiger partial charge is 0.336 e. The molecule has 17 heavy (non-hydrogen) atoms. The van der Waals surface area contributed by atoms with Gasteiger partial charge in [0.15, 0.2) is 0 Å². The summed E-state index contributed by atoms with van der Waals surface area (Å²) in [5, 5.41) is 8.98. The van der Waals surface area contributed by atoms with Gasteiger partial charge in [0.2, 0.25) is 0 Å². The second-order valence-electron chi connectivity index (χ2n) is 3.84. The minimum atomic E-state index is -1.04. The summed E-state index contributed by atoms with van der Waals surface area (Å²) in [6.07, 6.45) is 0. The molecule has 0 unspecified atom stereocenters. The number of carbonyl (C=O) groups is 1. The van der Waals surface area contributed by atoms with Gasteiger partial charge < -0.3 is 9.84 Å². The molecular formula is C12H16FNO3. The monoisotopic (exact) mass is 241 g/mol. The highest BCUT2D eigenvalue weighted by molar-refractivity contribution is 5.89. The summed E-state index contributed by atoms with van der Waals surface area (Å²) < 4.78 is 18.0. The summed E-state index contributed by atoms with van der Waals surface area (Å²) in [5.41, 5.74) is 0.603. The lowest BCUT2D eigenvalue weighted by Gasteiger charge is -2.17. The van der Waals surface area contributed by atoms with Crippen LogP contribution >= 0.6 is 0 Å². The lowest BCUT2D eigenvalue weighted by molar-refractivity contribution is 0.0694. The van der Waals surface area contributed by atoms with E-state index in [0.29, 0.717) is 25.3 Å². The van der Waals surface area contributed by atoms with Crippen molar-refractivity contribution < 1.29 is 19.0 Å². The molecule has 0 saturated carbocycles. The molecule has 4 nitrogen and oxygen atoms in total. The van der Waals surface area contributed by atoms with E-state index in [1.807, 2.05) is 11.9 Å². The predicted octanol–water partition coefficient (Wildman–Crippen LogP) is 1.60. The third kappa shape index (κ3) is 4.13. The normalized spacial score (nSPS) is 10.8. The molecule has 0 heterocycles. The van der Waals surface area contributed by atoms with Gasteiger partial charge in [-0.2, -0.15) is 0 Å². The molecule has 5 heteroatoms. The second kappa shape index (κ2) is 6.32. The molecule has 0 aliphatic carbocycles. The van der Waals surface area contributed by atoms with Crippen LogP contribution in [-0.2, 0) is 11.3 Å². The van der Waals surface area contributed by atoms with Gasteiger partial charge in [-0.1, -0.05) is 0 Å². The molecule has 94 valence electrons. The van der Waals surface area contributed by atoms with E-state index in [4.69, 9.17) is 9.84 Å². The molecular weight excluding hydrogens is 225 g/mol. The zero-order valence-electron chi connectivity index (χ0n) is 9.94. The SMILES string of the molecule is COCCN(C)Cc1cc(F)ccc1C(=O)O. The zero-order valence-corrected chi connectivity index (χ0v) is 9.94. The van der Waals surface area contributed by atoms with Crippen LogP contribution in [0, 0.1) is 5.82 Å². The first-order valence-electron chi connectivity index (χ1n) is 5.23. The number of methoxy groups -OCH3 is 1. The number of benzene rings is 1. The second-order valence-corrected chi connectivity index (χ2v) is 3.84. The lowest BCUT2D eigenvalue weighted by atomic mass is 10.1. The number of aromatic carboxylic acids is 1. The van der Waals surface area contributed by atoms with Crippen LogP contribution in [0.3, 0.4) is 0 Å². The molecule has 0 aliphatic heterocycles. The standard InChI is InChI=1S/C12H16FNO3/c1-14(5-6-17-2)8-9-7-10(13)3-4-11(9)12(15)16/h3-4,7H,5-6,8H2,1-2H3,(H,15,16). The lowest BCUT2D eigenvalue weighted by Crippen LogP contribution is -2.23. The van der Waals surface area contributed by atoms with E-state index >= 15 is 0 Å². The minimum Gasteiger partial charge on any atom is -0.478 e. The van der Waals surface area contributed by atoms with E-state index in [1.54, 1.807) is 7.11 Å². The average molecular weight is 241 g/mol. The van der Waals surface area contributed by atoms with E-state index in [1.165, 1.54) is 12.1 Å². The zero-order chi connectivity index (χ0) is 12.8. The largest absolute Gasteiger partial charge is 0.478 e. The third-order valence-electron chi connectivity index (χ3n) is 2.42. The van der Waals surface area contributed by atoms with Gasteiger partial charge in [0.25, 0.3) is 0 Å². The Hall–Kier alpha value is -1.46. The number of nitrogens with zero attached hydrogens (tertiary/aromatic N) is 1. The van der Waals surface area contributed by atoms with Crippen LogP contribution in [0.2, 0.25) is 0 Å². The first-order valence-corrected chi connectivity index (χ1v) is 5.23. The number of rotatable bonds is 6. The predicted molar refractivity (Wildman–Crippen MR) is 61.6 cm³/mol. The van der Waals surface area contributed by atoms with Crippen LogP contribution in [0.25, 0.3) is 0 Å². The van der Waals surface area contributed by atoms with Crippen molar-refractivity contribution in [3.05, 3.63) is 35.1 Å². The minimum absolute atomic E-state index is 0.135. The van der Waals surface area contributed by atoms with Crippen molar-refractivity contribution in [2.24, 2.45) is 0 Å². The van der Waals surface area contributed by atoms with Gasteiger partial charge in [-0.3, -0.25) is 4.90 Å². The fraction of sp³-hybridized carbons (Fsp3) is 0.417. The first-order chi connectivity index (χ1) is 8.04. The Bertz CT molecular complexity index is 395. The maximum Gasteiger partial charge on any atom is 0.336 e. The molecule has 0 aliphatic rings. The van der Waals surface area contributed by atoms with Crippen LogP contribution in [0.4, 0.5) is 4.39 Å². The molecule has 0 fully saturated rings. The number of hydrogen-bond donors (Lipinski definition) is 1. The van der Waals surface area contributed by atoms with Gasteiger partial charge in [-0.05, 0) is 30.8 Å². The summed E-state index contributed by atoms with van der Waals surface area (Å²) in [6, 6.07) is 3.70. The molecule has 1 rings (SSSR count). The molecule has 1 aromatic rings. The van der Waals surface area contributed by atoms with E-state index in [-0.39, 0.29) is 5.56 Å². The number of ether oxygens (including phenoxy) is 1. The Labute approximate surface area is 99.6 Å². The Kier molecular flexibility index (Phi) is 5.06. The van der Waals surface area contributed by atoms with Crippen molar-refractivity contribution in [3.8, 4) is 0 Å². The molecule has 0 aromatic heterocycles. The summed E-state index contributed by atoms with van der Waals surface area (Å²) in [7, 11) is 3.42. The number of carboxylic acid groups (broad SMARTS) is 1. The van der Waals surface area contributed by atoms with Gasteiger partial charge in [-0.25, -0.2) is 9.18 Å². The maximum atomic E-state index is 13.1. The van der Waals surface area contributed by atoms with Gasteiger partial charge in [0, 0.05) is 20.2 Å². The average Bonchev–Trinajstić information content (AvgIpc) is 2.26. The summed E-state index contributed by atoms with van der Waals surface area (Å²) >= 11 is 0. The van der Waals surface area contributed by atoms with E-state index in [0.717, 1.165) is 6.07 Å². The molecule has 1 aromatic carbocycles. The van der Waals surface area contributed by atoms with Crippen molar-refractivity contribution >= 4 is 5.97 Å². The van der Waals surface area contributed by atoms with Gasteiger partial charge in [-0.15, -0.1) is 0 Å². The number of hydrogen-bond acceptors (Lipinski definition) is 3. The Balaban J connectivity index is 2.81. The number of likely N-dealkylation sites (N-methyl/N-ethyl adjacent to an activating group) is 1. The fourth-order valence-corrected chi connectivity index (χ4v) is 1.52. The summed E-state index contributed by atoms with van der Waals surface area (Å²) in [6.45, 7) is 1.59. The van der Waals surface area contributed by atoms with Crippen LogP contribution in [-0.4, -0.2) is 43.3 Å². The van der Waals surface area contributed by atoms with Crippen molar-refractivity contribution in [2.75, 3.05) is 27.3 Å². The third-order valence-corrected chi connectivity index (χ3v) is 2.42. The highest BCUT2D eigenvalue weighted by Gasteiger charge is 2.12. The van der Waals surface area contributed by atoms with Crippen molar-refractivity contribution in [3.63, 3.8) is 0 Å². The van der Waals surface area contributed by atoms with E-state index < -0.39 is 11.8 Å². The van der Waals surface area contributed by atoms with Crippen LogP contribution < -0.4 is 0 Å². The van der Waals surface area contributed by atoms with Crippen molar-refractivity contribution in [1.82, 2.24) is 4.90 Å². The topological polar surface area (TPSA) is 49.8 Å². The van der Waals surface area contributed by atoms with Crippen LogP contribution in [0.15, 0.2) is 18.2 Å². The molecule has 1 N–H and O–H groups in total. The summed E-state index contributed by atoms with van der Waals surface area (Å²) in [5.74, 6) is -1.47. The highest BCUT2D eigenvalue weighted by Crippen LogP contribution is 2.13. The molecule has 0 saturated heterocycles. The molecule has 0 bridgehead atoms.